The molecule has 1 amide bonds. The molecule has 2 aliphatic heterocycles. The average Bonchev–Trinajstić information content (AvgIpc) is 3.24. The van der Waals surface area contributed by atoms with Gasteiger partial charge in [0.25, 0.3) is 0 Å². The van der Waals surface area contributed by atoms with E-state index in [0.717, 1.165) is 12.8 Å². The number of benzene rings is 1. The maximum absolute atomic E-state index is 13.1. The highest BCUT2D eigenvalue weighted by Crippen LogP contribution is 2.30. The molecule has 8 nitrogen and oxygen atoms in total. The van der Waals surface area contributed by atoms with Crippen LogP contribution >= 0.6 is 0 Å². The largest absolute Gasteiger partial charge is 0.420 e. The van der Waals surface area contributed by atoms with Gasteiger partial charge in [0.05, 0.1) is 12.2 Å². The van der Waals surface area contributed by atoms with Crippen LogP contribution in [-0.4, -0.2) is 66.2 Å². The summed E-state index contributed by atoms with van der Waals surface area (Å²) in [6.45, 7) is 1.96. The fourth-order valence-corrected chi connectivity index (χ4v) is 5.05. The van der Waals surface area contributed by atoms with Gasteiger partial charge in [0.2, 0.25) is 27.7 Å². The lowest BCUT2D eigenvalue weighted by Crippen LogP contribution is -2.46. The Morgan fingerprint density at radius 2 is 1.80 bits per heavy atom. The highest BCUT2D eigenvalue weighted by molar-refractivity contribution is 7.88. The Bertz CT molecular complexity index is 1000. The quantitative estimate of drug-likeness (QED) is 0.729. The molecule has 2 saturated heterocycles. The van der Waals surface area contributed by atoms with Gasteiger partial charge in [-0.1, -0.05) is 0 Å². The standard InChI is InChI=1S/C20H25FN4O4S/c1-30(27,28)25-11-8-15(9-12-25)20(26)24-10-2-3-16(13-24)19-23-22-18(29-19)14-4-6-17(21)7-5-14/h4-7,15-16H,2-3,8-13H2,1H3. The molecule has 10 heteroatoms. The molecule has 0 bridgehead atoms. The van der Waals surface area contributed by atoms with Crippen LogP contribution in [-0.2, 0) is 14.8 Å². The number of hydrogen-bond acceptors (Lipinski definition) is 6. The molecule has 30 heavy (non-hydrogen) atoms. The van der Waals surface area contributed by atoms with Gasteiger partial charge in [0.15, 0.2) is 0 Å². The number of carbonyl (C=O) groups excluding carboxylic acids is 1. The smallest absolute Gasteiger partial charge is 0.247 e. The number of hydrogen-bond donors (Lipinski definition) is 0. The number of rotatable bonds is 4. The van der Waals surface area contributed by atoms with Crippen LogP contribution in [0.4, 0.5) is 4.39 Å². The molecule has 4 rings (SSSR count). The minimum Gasteiger partial charge on any atom is -0.420 e. The monoisotopic (exact) mass is 436 g/mol. The second kappa shape index (κ2) is 8.43. The fraction of sp³-hybridized carbons (Fsp3) is 0.550. The van der Waals surface area contributed by atoms with Crippen molar-refractivity contribution in [2.75, 3.05) is 32.4 Å². The number of aromatic nitrogens is 2. The first-order chi connectivity index (χ1) is 14.3. The van der Waals surface area contributed by atoms with Crippen molar-refractivity contribution in [2.24, 2.45) is 5.92 Å². The van der Waals surface area contributed by atoms with E-state index in [0.29, 0.717) is 56.4 Å². The molecule has 0 spiro atoms. The molecule has 3 heterocycles. The zero-order valence-corrected chi connectivity index (χ0v) is 17.6. The van der Waals surface area contributed by atoms with Gasteiger partial charge < -0.3 is 9.32 Å². The normalized spacial score (nSPS) is 21.7. The van der Waals surface area contributed by atoms with Crippen LogP contribution in [0.3, 0.4) is 0 Å². The van der Waals surface area contributed by atoms with E-state index < -0.39 is 10.0 Å². The van der Waals surface area contributed by atoms with E-state index in [1.807, 2.05) is 4.90 Å². The summed E-state index contributed by atoms with van der Waals surface area (Å²) >= 11 is 0. The summed E-state index contributed by atoms with van der Waals surface area (Å²) in [5.41, 5.74) is 0.650. The van der Waals surface area contributed by atoms with Crippen molar-refractivity contribution in [3.63, 3.8) is 0 Å². The molecule has 2 fully saturated rings. The molecule has 162 valence electrons. The van der Waals surface area contributed by atoms with Gasteiger partial charge in [-0.05, 0) is 49.9 Å². The highest BCUT2D eigenvalue weighted by Gasteiger charge is 2.34. The number of piperidine rings is 2. The van der Waals surface area contributed by atoms with Gasteiger partial charge in [-0.3, -0.25) is 4.79 Å². The Balaban J connectivity index is 1.39. The van der Waals surface area contributed by atoms with Crippen molar-refractivity contribution in [3.05, 3.63) is 36.0 Å². The van der Waals surface area contributed by atoms with Gasteiger partial charge in [0.1, 0.15) is 5.82 Å². The van der Waals surface area contributed by atoms with Gasteiger partial charge in [-0.2, -0.15) is 0 Å². The van der Waals surface area contributed by atoms with Gasteiger partial charge >= 0.3 is 0 Å². The third-order valence-corrected chi connectivity index (χ3v) is 7.19. The average molecular weight is 437 g/mol. The van der Waals surface area contributed by atoms with E-state index in [4.69, 9.17) is 4.42 Å². The Kier molecular flexibility index (Phi) is 5.88. The van der Waals surface area contributed by atoms with Crippen molar-refractivity contribution < 1.29 is 22.0 Å². The lowest BCUT2D eigenvalue weighted by molar-refractivity contribution is -0.138. The molecule has 0 N–H and O–H groups in total. The van der Waals surface area contributed by atoms with Crippen LogP contribution in [0.25, 0.3) is 11.5 Å². The van der Waals surface area contributed by atoms with E-state index in [1.165, 1.54) is 22.7 Å². The summed E-state index contributed by atoms with van der Waals surface area (Å²) in [7, 11) is -3.21. The van der Waals surface area contributed by atoms with Crippen molar-refractivity contribution in [2.45, 2.75) is 31.6 Å². The summed E-state index contributed by atoms with van der Waals surface area (Å²) in [5, 5.41) is 8.24. The molecule has 2 aromatic rings. The Labute approximate surface area is 175 Å². The lowest BCUT2D eigenvalue weighted by Gasteiger charge is -2.36. The van der Waals surface area contributed by atoms with Crippen LogP contribution in [0.15, 0.2) is 28.7 Å². The summed E-state index contributed by atoms with van der Waals surface area (Å²) < 4.78 is 43.7. The van der Waals surface area contributed by atoms with Gasteiger partial charge in [-0.25, -0.2) is 17.1 Å². The van der Waals surface area contributed by atoms with Gasteiger partial charge in [0, 0.05) is 37.7 Å². The van der Waals surface area contributed by atoms with Crippen LogP contribution < -0.4 is 0 Å². The molecule has 1 atom stereocenters. The summed E-state index contributed by atoms with van der Waals surface area (Å²) in [6.07, 6.45) is 3.98. The van der Waals surface area contributed by atoms with E-state index in [2.05, 4.69) is 10.2 Å². The molecule has 2 aliphatic rings. The first-order valence-corrected chi connectivity index (χ1v) is 12.0. The van der Waals surface area contributed by atoms with E-state index in [-0.39, 0.29) is 23.6 Å². The predicted octanol–water partition coefficient (Wildman–Crippen LogP) is 2.25. The second-order valence-corrected chi connectivity index (χ2v) is 9.99. The number of likely N-dealkylation sites (tertiary alicyclic amines) is 1. The molecule has 1 aromatic heterocycles. The van der Waals surface area contributed by atoms with Crippen molar-refractivity contribution >= 4 is 15.9 Å². The summed E-state index contributed by atoms with van der Waals surface area (Å²) in [6, 6.07) is 5.86. The Morgan fingerprint density at radius 3 is 2.47 bits per heavy atom. The maximum Gasteiger partial charge on any atom is 0.247 e. The van der Waals surface area contributed by atoms with Crippen LogP contribution in [0, 0.1) is 11.7 Å². The number of carbonyl (C=O) groups is 1. The van der Waals surface area contributed by atoms with Crippen molar-refractivity contribution in [3.8, 4) is 11.5 Å². The zero-order valence-electron chi connectivity index (χ0n) is 16.8. The topological polar surface area (TPSA) is 96.6 Å². The SMILES string of the molecule is CS(=O)(=O)N1CCC(C(=O)N2CCCC(c3nnc(-c4ccc(F)cc4)o3)C2)CC1. The molecule has 0 radical (unpaired) electrons. The number of halogens is 1. The summed E-state index contributed by atoms with van der Waals surface area (Å²) in [5.74, 6) is 0.369. The number of sulfonamides is 1. The van der Waals surface area contributed by atoms with E-state index in [9.17, 15) is 17.6 Å². The third kappa shape index (κ3) is 4.54. The zero-order chi connectivity index (χ0) is 21.3. The molecule has 0 aliphatic carbocycles. The number of amides is 1. The minimum absolute atomic E-state index is 0.0412. The molecular formula is C20H25FN4O4S. The van der Waals surface area contributed by atoms with Crippen molar-refractivity contribution in [1.82, 2.24) is 19.4 Å². The van der Waals surface area contributed by atoms with Crippen LogP contribution in [0.5, 0.6) is 0 Å². The lowest BCUT2D eigenvalue weighted by atomic mass is 9.93. The Hall–Kier alpha value is -2.33. The predicted molar refractivity (Wildman–Crippen MR) is 107 cm³/mol. The highest BCUT2D eigenvalue weighted by atomic mass is 32.2. The van der Waals surface area contributed by atoms with E-state index >= 15 is 0 Å². The second-order valence-electron chi connectivity index (χ2n) is 8.01. The fourth-order valence-electron chi connectivity index (χ4n) is 4.18. The summed E-state index contributed by atoms with van der Waals surface area (Å²) in [4.78, 5) is 14.8. The molecule has 1 aromatic carbocycles. The Morgan fingerprint density at radius 1 is 1.10 bits per heavy atom. The maximum atomic E-state index is 13.1. The molecule has 0 saturated carbocycles. The molecule has 1 unspecified atom stereocenters. The van der Waals surface area contributed by atoms with Crippen LogP contribution in [0.1, 0.15) is 37.5 Å². The van der Waals surface area contributed by atoms with Gasteiger partial charge in [-0.15, -0.1) is 10.2 Å². The minimum atomic E-state index is -3.21. The third-order valence-electron chi connectivity index (χ3n) is 5.89. The van der Waals surface area contributed by atoms with Crippen molar-refractivity contribution in [1.29, 1.82) is 0 Å². The molecular weight excluding hydrogens is 411 g/mol. The first-order valence-electron chi connectivity index (χ1n) is 10.1. The first kappa shape index (κ1) is 20.9. The number of nitrogens with zero attached hydrogens (tertiary/aromatic N) is 4. The van der Waals surface area contributed by atoms with E-state index in [1.54, 1.807) is 12.1 Å². The van der Waals surface area contributed by atoms with Crippen LogP contribution in [0.2, 0.25) is 0 Å².